The van der Waals surface area contributed by atoms with E-state index in [-0.39, 0.29) is 5.75 Å². The molecule has 0 aliphatic heterocycles. The Morgan fingerprint density at radius 1 is 1.35 bits per heavy atom. The van der Waals surface area contributed by atoms with E-state index in [0.29, 0.717) is 11.8 Å². The molecule has 0 bridgehead atoms. The lowest BCUT2D eigenvalue weighted by molar-refractivity contribution is -0.195. The minimum Gasteiger partial charge on any atom is -0.480 e. The topological polar surface area (TPSA) is 86.6 Å². The van der Waals surface area contributed by atoms with E-state index >= 15 is 0 Å². The van der Waals surface area contributed by atoms with Crippen molar-refractivity contribution < 1.29 is 33.0 Å². The Balaban J connectivity index is 4.07. The fourth-order valence-corrected chi connectivity index (χ4v) is 1.82. The first-order chi connectivity index (χ1) is 7.64. The molecule has 1 amide bonds. The molecule has 0 aliphatic carbocycles. The molecule has 0 rings (SSSR count). The number of aliphatic carboxylic acids is 1. The van der Waals surface area contributed by atoms with Crippen LogP contribution in [0.2, 0.25) is 0 Å². The number of carboxylic acid groups (broad SMARTS) is 1. The van der Waals surface area contributed by atoms with E-state index in [1.54, 1.807) is 0 Å². The molecule has 0 aromatic rings. The maximum absolute atomic E-state index is 11.9. The number of thioether (sulfide) groups is 1. The van der Waals surface area contributed by atoms with E-state index in [1.165, 1.54) is 0 Å². The Bertz CT molecular complexity index is 284. The Labute approximate surface area is 99.4 Å². The van der Waals surface area contributed by atoms with E-state index in [1.807, 2.05) is 0 Å². The van der Waals surface area contributed by atoms with Crippen molar-refractivity contribution in [3.05, 3.63) is 0 Å². The normalized spacial score (nSPS) is 15.1. The van der Waals surface area contributed by atoms with Crippen molar-refractivity contribution in [3.8, 4) is 0 Å². The van der Waals surface area contributed by atoms with Crippen molar-refractivity contribution in [3.63, 3.8) is 0 Å². The largest absolute Gasteiger partial charge is 0.480 e. The number of hydrogen-bond acceptors (Lipinski definition) is 4. The van der Waals surface area contributed by atoms with Crippen LogP contribution in [0.4, 0.5) is 13.2 Å². The lowest BCUT2D eigenvalue weighted by Crippen LogP contribution is -2.42. The van der Waals surface area contributed by atoms with Crippen LogP contribution in [0.15, 0.2) is 0 Å². The Hall–Kier alpha value is -0.960. The van der Waals surface area contributed by atoms with Crippen molar-refractivity contribution in [2.75, 3.05) is 11.5 Å². The monoisotopic (exact) mass is 275 g/mol. The smallest absolute Gasteiger partial charge is 0.415 e. The summed E-state index contributed by atoms with van der Waals surface area (Å²) < 4.78 is 35.7. The number of aliphatic hydroxyl groups is 1. The highest BCUT2D eigenvalue weighted by atomic mass is 32.2. The van der Waals surface area contributed by atoms with Crippen LogP contribution >= 0.6 is 11.8 Å². The van der Waals surface area contributed by atoms with Crippen LogP contribution in [-0.2, 0) is 9.59 Å². The minimum atomic E-state index is -4.72. The summed E-state index contributed by atoms with van der Waals surface area (Å²) in [7, 11) is 0. The zero-order chi connectivity index (χ0) is 13.6. The van der Waals surface area contributed by atoms with Crippen molar-refractivity contribution in [2.45, 2.75) is 25.2 Å². The molecular weight excluding hydrogens is 263 g/mol. The number of aliphatic hydroxyl groups excluding tert-OH is 1. The number of carboxylic acids is 1. The molecule has 0 saturated carbocycles. The van der Waals surface area contributed by atoms with Gasteiger partial charge in [-0.2, -0.15) is 24.9 Å². The van der Waals surface area contributed by atoms with E-state index in [0.717, 1.165) is 6.92 Å². The van der Waals surface area contributed by atoms with Crippen LogP contribution in [0.1, 0.15) is 6.92 Å². The second-order valence-electron chi connectivity index (χ2n) is 3.19. The summed E-state index contributed by atoms with van der Waals surface area (Å²) in [5.41, 5.74) is 0. The SMILES string of the molecule is CC(=O)NC(CSCC(O)C(F)(F)F)C(=O)O. The molecule has 17 heavy (non-hydrogen) atoms. The molecular formula is C8H12F3NO4S. The zero-order valence-corrected chi connectivity index (χ0v) is 9.64. The summed E-state index contributed by atoms with van der Waals surface area (Å²) in [6.45, 7) is 1.10. The number of carbonyl (C=O) groups excluding carboxylic acids is 1. The van der Waals surface area contributed by atoms with Crippen molar-refractivity contribution in [1.82, 2.24) is 5.32 Å². The number of rotatable bonds is 6. The highest BCUT2D eigenvalue weighted by Crippen LogP contribution is 2.23. The Morgan fingerprint density at radius 2 is 1.88 bits per heavy atom. The molecule has 0 radical (unpaired) electrons. The first kappa shape index (κ1) is 16.0. The first-order valence-electron chi connectivity index (χ1n) is 4.47. The minimum absolute atomic E-state index is 0.248. The van der Waals surface area contributed by atoms with Crippen molar-refractivity contribution in [2.24, 2.45) is 0 Å². The van der Waals surface area contributed by atoms with Gasteiger partial charge in [0.1, 0.15) is 6.04 Å². The van der Waals surface area contributed by atoms with Crippen LogP contribution < -0.4 is 5.32 Å². The molecule has 100 valence electrons. The van der Waals surface area contributed by atoms with Gasteiger partial charge in [0.2, 0.25) is 5.91 Å². The number of halogens is 3. The molecule has 5 nitrogen and oxygen atoms in total. The predicted molar refractivity (Wildman–Crippen MR) is 54.6 cm³/mol. The highest BCUT2D eigenvalue weighted by Gasteiger charge is 2.38. The van der Waals surface area contributed by atoms with E-state index in [4.69, 9.17) is 10.2 Å². The molecule has 2 atom stereocenters. The predicted octanol–water partition coefficient (Wildman–Crippen LogP) is 0.232. The van der Waals surface area contributed by atoms with Gasteiger partial charge in [0, 0.05) is 18.4 Å². The maximum Gasteiger partial charge on any atom is 0.415 e. The van der Waals surface area contributed by atoms with Crippen LogP contribution in [0, 0.1) is 0 Å². The van der Waals surface area contributed by atoms with Gasteiger partial charge in [0.25, 0.3) is 0 Å². The number of carbonyl (C=O) groups is 2. The highest BCUT2D eigenvalue weighted by molar-refractivity contribution is 7.99. The van der Waals surface area contributed by atoms with Crippen LogP contribution in [0.5, 0.6) is 0 Å². The standard InChI is InChI=1S/C8H12F3NO4S/c1-4(13)12-5(7(15)16)2-17-3-6(14)8(9,10)11/h5-6,14H,2-3H2,1H3,(H,12,13)(H,15,16). The third kappa shape index (κ3) is 7.05. The van der Waals surface area contributed by atoms with Crippen molar-refractivity contribution >= 4 is 23.6 Å². The van der Waals surface area contributed by atoms with Crippen molar-refractivity contribution in [1.29, 1.82) is 0 Å². The molecule has 0 fully saturated rings. The lowest BCUT2D eigenvalue weighted by atomic mass is 10.3. The second kappa shape index (κ2) is 6.70. The Morgan fingerprint density at radius 3 is 2.24 bits per heavy atom. The number of nitrogens with one attached hydrogen (secondary N) is 1. The van der Waals surface area contributed by atoms with Gasteiger partial charge in [-0.1, -0.05) is 0 Å². The van der Waals surface area contributed by atoms with Gasteiger partial charge < -0.3 is 15.5 Å². The molecule has 0 heterocycles. The number of hydrogen-bond donors (Lipinski definition) is 3. The fraction of sp³-hybridized carbons (Fsp3) is 0.750. The van der Waals surface area contributed by atoms with E-state index in [2.05, 4.69) is 5.32 Å². The summed E-state index contributed by atoms with van der Waals surface area (Å²) >= 11 is 0.601. The third-order valence-electron chi connectivity index (χ3n) is 1.61. The van der Waals surface area contributed by atoms with Gasteiger partial charge in [0.15, 0.2) is 6.10 Å². The molecule has 9 heteroatoms. The number of amides is 1. The molecule has 0 saturated heterocycles. The zero-order valence-electron chi connectivity index (χ0n) is 8.82. The fourth-order valence-electron chi connectivity index (χ4n) is 0.812. The lowest BCUT2D eigenvalue weighted by Gasteiger charge is -2.16. The van der Waals surface area contributed by atoms with Crippen LogP contribution in [0.3, 0.4) is 0 Å². The second-order valence-corrected chi connectivity index (χ2v) is 4.26. The average Bonchev–Trinajstić information content (AvgIpc) is 2.13. The molecule has 0 aromatic heterocycles. The molecule has 0 aromatic carbocycles. The average molecular weight is 275 g/mol. The quantitative estimate of drug-likeness (QED) is 0.646. The van der Waals surface area contributed by atoms with Crippen LogP contribution in [0.25, 0.3) is 0 Å². The third-order valence-corrected chi connectivity index (χ3v) is 2.73. The van der Waals surface area contributed by atoms with Gasteiger partial charge in [-0.05, 0) is 0 Å². The molecule has 3 N–H and O–H groups in total. The summed E-state index contributed by atoms with van der Waals surface area (Å²) in [4.78, 5) is 21.2. The Kier molecular flexibility index (Phi) is 6.32. The summed E-state index contributed by atoms with van der Waals surface area (Å²) in [5.74, 6) is -2.85. The van der Waals surface area contributed by atoms with Gasteiger partial charge in [0.05, 0.1) is 0 Å². The molecule has 0 spiro atoms. The van der Waals surface area contributed by atoms with Gasteiger partial charge >= 0.3 is 12.1 Å². The van der Waals surface area contributed by atoms with Crippen LogP contribution in [-0.4, -0.2) is 51.9 Å². The molecule has 0 aliphatic rings. The first-order valence-corrected chi connectivity index (χ1v) is 5.62. The summed E-state index contributed by atoms with van der Waals surface area (Å²) in [6, 6.07) is -1.27. The number of alkyl halides is 3. The van der Waals surface area contributed by atoms with Gasteiger partial charge in [-0.3, -0.25) is 4.79 Å². The maximum atomic E-state index is 11.9. The molecule has 2 unspecified atom stereocenters. The van der Waals surface area contributed by atoms with E-state index < -0.39 is 36.0 Å². The summed E-state index contributed by atoms with van der Waals surface area (Å²) in [5, 5.41) is 19.3. The van der Waals surface area contributed by atoms with Gasteiger partial charge in [-0.15, -0.1) is 0 Å². The van der Waals surface area contributed by atoms with Gasteiger partial charge in [-0.25, -0.2) is 4.79 Å². The van der Waals surface area contributed by atoms with E-state index in [9.17, 15) is 22.8 Å². The summed E-state index contributed by atoms with van der Waals surface area (Å²) in [6.07, 6.45) is -7.22.